The number of benzene rings is 1. The maximum atomic E-state index is 11.2. The topological polar surface area (TPSA) is 63.3 Å². The molecule has 88 valence electrons. The molecule has 0 amide bonds. The van der Waals surface area contributed by atoms with Gasteiger partial charge < -0.3 is 9.63 Å². The molecule has 0 bridgehead atoms. The number of nitrogens with zero attached hydrogens (tertiary/aromatic N) is 1. The Kier molecular flexibility index (Phi) is 3.02. The predicted octanol–water partition coefficient (Wildman–Crippen LogP) is 3.42. The van der Waals surface area contributed by atoms with Crippen molar-refractivity contribution in [3.05, 3.63) is 39.6 Å². The van der Waals surface area contributed by atoms with E-state index in [-0.39, 0.29) is 5.56 Å². The summed E-state index contributed by atoms with van der Waals surface area (Å²) in [4.78, 5) is 11.2. The average Bonchev–Trinajstić information content (AvgIpc) is 2.64. The third-order valence-electron chi connectivity index (χ3n) is 2.60. The molecule has 1 heterocycles. The summed E-state index contributed by atoms with van der Waals surface area (Å²) in [7, 11) is 0. The minimum Gasteiger partial charge on any atom is -0.477 e. The van der Waals surface area contributed by atoms with Crippen molar-refractivity contribution in [3.8, 4) is 11.3 Å². The summed E-state index contributed by atoms with van der Waals surface area (Å²) < 4.78 is 5.87. The van der Waals surface area contributed by atoms with Gasteiger partial charge in [0.2, 0.25) is 0 Å². The highest BCUT2D eigenvalue weighted by Crippen LogP contribution is 2.31. The molecule has 0 aliphatic rings. The second-order valence-corrected chi connectivity index (χ2v) is 4.53. The Morgan fingerprint density at radius 3 is 2.76 bits per heavy atom. The second-order valence-electron chi connectivity index (χ2n) is 3.68. The Bertz CT molecular complexity index is 589. The monoisotopic (exact) mass is 295 g/mol. The first-order chi connectivity index (χ1) is 8.02. The Morgan fingerprint density at radius 1 is 1.41 bits per heavy atom. The number of hydrogen-bond acceptors (Lipinski definition) is 3. The van der Waals surface area contributed by atoms with Gasteiger partial charge in [0.05, 0.1) is 0 Å². The molecule has 1 aromatic carbocycles. The number of rotatable bonds is 2. The van der Waals surface area contributed by atoms with E-state index in [2.05, 4.69) is 21.1 Å². The molecule has 1 aromatic heterocycles. The molecule has 0 spiro atoms. The molecule has 0 fully saturated rings. The van der Waals surface area contributed by atoms with Crippen LogP contribution in [0.5, 0.6) is 0 Å². The number of aromatic carboxylic acids is 1. The van der Waals surface area contributed by atoms with Crippen LogP contribution in [0.15, 0.2) is 27.2 Å². The zero-order valence-corrected chi connectivity index (χ0v) is 10.9. The Labute approximate surface area is 106 Å². The van der Waals surface area contributed by atoms with Gasteiger partial charge in [0.1, 0.15) is 17.0 Å². The number of aromatic nitrogens is 1. The van der Waals surface area contributed by atoms with E-state index in [1.54, 1.807) is 6.92 Å². The first-order valence-corrected chi connectivity index (χ1v) is 5.76. The fraction of sp³-hybridized carbons (Fsp3) is 0.167. The second kappa shape index (κ2) is 4.33. The molecule has 4 nitrogen and oxygen atoms in total. The van der Waals surface area contributed by atoms with Gasteiger partial charge in [-0.2, -0.15) is 0 Å². The van der Waals surface area contributed by atoms with Gasteiger partial charge in [0.15, 0.2) is 0 Å². The number of aryl methyl sites for hydroxylation is 1. The molecule has 0 radical (unpaired) electrons. The van der Waals surface area contributed by atoms with Crippen molar-refractivity contribution in [3.63, 3.8) is 0 Å². The minimum absolute atomic E-state index is 0.117. The van der Waals surface area contributed by atoms with E-state index in [1.165, 1.54) is 0 Å². The normalized spacial score (nSPS) is 10.5. The lowest BCUT2D eigenvalue weighted by Crippen LogP contribution is -2.00. The number of carboxylic acids is 1. The van der Waals surface area contributed by atoms with Crippen molar-refractivity contribution in [2.75, 3.05) is 0 Å². The lowest BCUT2D eigenvalue weighted by molar-refractivity contribution is 0.0696. The number of carboxylic acid groups (broad SMARTS) is 1. The third-order valence-corrected chi connectivity index (χ3v) is 3.46. The predicted molar refractivity (Wildman–Crippen MR) is 66.1 cm³/mol. The van der Waals surface area contributed by atoms with Crippen LogP contribution in [0.4, 0.5) is 0 Å². The van der Waals surface area contributed by atoms with E-state index in [9.17, 15) is 4.79 Å². The highest BCUT2D eigenvalue weighted by Gasteiger charge is 2.22. The number of hydrogen-bond donors (Lipinski definition) is 1. The number of carbonyl (C=O) groups is 1. The van der Waals surface area contributed by atoms with Crippen LogP contribution >= 0.6 is 15.9 Å². The molecule has 0 saturated heterocycles. The first-order valence-electron chi connectivity index (χ1n) is 4.97. The summed E-state index contributed by atoms with van der Waals surface area (Å²) >= 11 is 3.41. The SMILES string of the molecule is Cc1onc(-c2cccc(Br)c2C)c1C(=O)O. The lowest BCUT2D eigenvalue weighted by atomic mass is 10.0. The third kappa shape index (κ3) is 1.98. The van der Waals surface area contributed by atoms with Gasteiger partial charge in [0, 0.05) is 10.0 Å². The van der Waals surface area contributed by atoms with Gasteiger partial charge in [-0.05, 0) is 25.5 Å². The molecule has 17 heavy (non-hydrogen) atoms. The van der Waals surface area contributed by atoms with Crippen molar-refractivity contribution in [1.29, 1.82) is 0 Å². The van der Waals surface area contributed by atoms with E-state index < -0.39 is 5.97 Å². The summed E-state index contributed by atoms with van der Waals surface area (Å²) in [6.45, 7) is 3.49. The standard InChI is InChI=1S/C12H10BrNO3/c1-6-8(4-3-5-9(6)13)11-10(12(15)16)7(2)17-14-11/h3-5H,1-2H3,(H,15,16). The lowest BCUT2D eigenvalue weighted by Gasteiger charge is -2.05. The van der Waals surface area contributed by atoms with Crippen molar-refractivity contribution >= 4 is 21.9 Å². The summed E-state index contributed by atoms with van der Waals surface area (Å²) in [5.74, 6) is -0.718. The molecule has 2 aromatic rings. The Hall–Kier alpha value is -1.62. The molecule has 0 unspecified atom stereocenters. The van der Waals surface area contributed by atoms with Crippen molar-refractivity contribution in [2.45, 2.75) is 13.8 Å². The molecule has 0 saturated carbocycles. The van der Waals surface area contributed by atoms with Crippen LogP contribution in [-0.2, 0) is 0 Å². The first kappa shape index (κ1) is 11.9. The van der Waals surface area contributed by atoms with Gasteiger partial charge in [-0.25, -0.2) is 4.79 Å². The van der Waals surface area contributed by atoms with Crippen LogP contribution in [0.3, 0.4) is 0 Å². The maximum Gasteiger partial charge on any atom is 0.341 e. The Morgan fingerprint density at radius 2 is 2.12 bits per heavy atom. The molecule has 5 heteroatoms. The van der Waals surface area contributed by atoms with Gasteiger partial charge >= 0.3 is 5.97 Å². The van der Waals surface area contributed by atoms with E-state index in [0.29, 0.717) is 11.5 Å². The molecule has 0 aliphatic heterocycles. The summed E-state index contributed by atoms with van der Waals surface area (Å²) in [5, 5.41) is 13.0. The van der Waals surface area contributed by atoms with Crippen LogP contribution in [0.1, 0.15) is 21.7 Å². The van der Waals surface area contributed by atoms with Crippen LogP contribution in [0, 0.1) is 13.8 Å². The van der Waals surface area contributed by atoms with E-state index in [4.69, 9.17) is 9.63 Å². The zero-order chi connectivity index (χ0) is 12.6. The van der Waals surface area contributed by atoms with Crippen molar-refractivity contribution < 1.29 is 14.4 Å². The Balaban J connectivity index is 2.69. The fourth-order valence-corrected chi connectivity index (χ4v) is 2.04. The fourth-order valence-electron chi connectivity index (χ4n) is 1.67. The number of halogens is 1. The summed E-state index contributed by atoms with van der Waals surface area (Å²) in [5.41, 5.74) is 2.18. The smallest absolute Gasteiger partial charge is 0.341 e. The minimum atomic E-state index is -1.03. The molecule has 0 aliphatic carbocycles. The maximum absolute atomic E-state index is 11.2. The van der Waals surface area contributed by atoms with Gasteiger partial charge in [-0.1, -0.05) is 33.2 Å². The molecular weight excluding hydrogens is 286 g/mol. The van der Waals surface area contributed by atoms with Crippen LogP contribution in [0.25, 0.3) is 11.3 Å². The largest absolute Gasteiger partial charge is 0.477 e. The van der Waals surface area contributed by atoms with Crippen LogP contribution in [-0.4, -0.2) is 16.2 Å². The molecular formula is C12H10BrNO3. The molecule has 0 atom stereocenters. The van der Waals surface area contributed by atoms with Crippen LogP contribution < -0.4 is 0 Å². The van der Waals surface area contributed by atoms with E-state index in [0.717, 1.165) is 15.6 Å². The highest BCUT2D eigenvalue weighted by atomic mass is 79.9. The van der Waals surface area contributed by atoms with E-state index >= 15 is 0 Å². The van der Waals surface area contributed by atoms with Crippen molar-refractivity contribution in [1.82, 2.24) is 5.16 Å². The average molecular weight is 296 g/mol. The van der Waals surface area contributed by atoms with Crippen LogP contribution in [0.2, 0.25) is 0 Å². The zero-order valence-electron chi connectivity index (χ0n) is 9.32. The quantitative estimate of drug-likeness (QED) is 0.922. The molecule has 2 rings (SSSR count). The highest BCUT2D eigenvalue weighted by molar-refractivity contribution is 9.10. The van der Waals surface area contributed by atoms with Gasteiger partial charge in [0.25, 0.3) is 0 Å². The molecule has 1 N–H and O–H groups in total. The van der Waals surface area contributed by atoms with Gasteiger partial charge in [-0.3, -0.25) is 0 Å². The van der Waals surface area contributed by atoms with Crippen molar-refractivity contribution in [2.24, 2.45) is 0 Å². The van der Waals surface area contributed by atoms with E-state index in [1.807, 2.05) is 25.1 Å². The summed E-state index contributed by atoms with van der Waals surface area (Å²) in [6.07, 6.45) is 0. The van der Waals surface area contributed by atoms with Gasteiger partial charge in [-0.15, -0.1) is 0 Å². The summed E-state index contributed by atoms with van der Waals surface area (Å²) in [6, 6.07) is 5.55.